The van der Waals surface area contributed by atoms with Crippen LogP contribution in [0.2, 0.25) is 0 Å². The number of imide groups is 1. The van der Waals surface area contributed by atoms with E-state index in [9.17, 15) is 9.59 Å². The lowest BCUT2D eigenvalue weighted by Crippen LogP contribution is -2.60. The molecule has 1 saturated heterocycles. The minimum Gasteiger partial charge on any atom is -0.350 e. The van der Waals surface area contributed by atoms with Crippen molar-refractivity contribution in [1.82, 2.24) is 0 Å². The molecule has 2 fully saturated rings. The molecule has 32 heavy (non-hydrogen) atoms. The van der Waals surface area contributed by atoms with Gasteiger partial charge in [-0.25, -0.2) is 4.90 Å². The molecule has 0 spiro atoms. The van der Waals surface area contributed by atoms with Gasteiger partial charge in [0.05, 0.1) is 27.6 Å². The van der Waals surface area contributed by atoms with Crippen molar-refractivity contribution in [2.45, 2.75) is 15.5 Å². The highest BCUT2D eigenvalue weighted by atomic mass is 35.5. The average Bonchev–Trinajstić information content (AvgIpc) is 3.24. The minimum absolute atomic E-state index is 0.0526. The number of hydrogen-bond donors (Lipinski definition) is 0. The van der Waals surface area contributed by atoms with Crippen LogP contribution in [0.1, 0.15) is 0 Å². The summed E-state index contributed by atoms with van der Waals surface area (Å²) >= 11 is 26.9. The Hall–Kier alpha value is -1.60. The van der Waals surface area contributed by atoms with E-state index in [1.54, 1.807) is 12.1 Å². The maximum Gasteiger partial charge on any atom is 0.240 e. The van der Waals surface area contributed by atoms with Crippen LogP contribution in [0, 0.1) is 11.8 Å². The monoisotopic (exact) mass is 511 g/mol. The van der Waals surface area contributed by atoms with Gasteiger partial charge < -0.3 is 9.47 Å². The number of methoxy groups -OCH3 is 2. The van der Waals surface area contributed by atoms with Gasteiger partial charge in [-0.2, -0.15) is 0 Å². The molecule has 0 radical (unpaired) electrons. The SMILES string of the molecule is COC1(OC)[C@@]2(Cl)C(Cl)=C(Cl)[C@]1(Cl)[C@@H]1C(=O)N(c3ccc(-c4ccccc4)cc3)C(=O)[C@@H]12. The van der Waals surface area contributed by atoms with Crippen LogP contribution in [0.4, 0.5) is 5.69 Å². The fourth-order valence-electron chi connectivity index (χ4n) is 5.39. The first-order valence-electron chi connectivity index (χ1n) is 9.78. The normalized spacial score (nSPS) is 32.8. The second-order valence-corrected chi connectivity index (χ2v) is 9.90. The largest absolute Gasteiger partial charge is 0.350 e. The average molecular weight is 513 g/mol. The first-order valence-corrected chi connectivity index (χ1v) is 11.3. The number of ether oxygens (including phenoxy) is 2. The van der Waals surface area contributed by atoms with Gasteiger partial charge in [0.25, 0.3) is 0 Å². The van der Waals surface area contributed by atoms with Gasteiger partial charge in [0.1, 0.15) is 9.75 Å². The lowest BCUT2D eigenvalue weighted by Gasteiger charge is -2.42. The maximum atomic E-state index is 13.6. The summed E-state index contributed by atoms with van der Waals surface area (Å²) in [4.78, 5) is 24.8. The van der Waals surface area contributed by atoms with E-state index < -0.39 is 39.2 Å². The van der Waals surface area contributed by atoms with Gasteiger partial charge in [-0.3, -0.25) is 9.59 Å². The number of fused-ring (bicyclic) bond motifs is 5. The first-order chi connectivity index (χ1) is 15.2. The number of hydrogen-bond acceptors (Lipinski definition) is 4. The van der Waals surface area contributed by atoms with Crippen molar-refractivity contribution in [3.8, 4) is 11.1 Å². The van der Waals surface area contributed by atoms with Crippen LogP contribution in [-0.4, -0.2) is 41.6 Å². The Balaban J connectivity index is 1.59. The van der Waals surface area contributed by atoms with E-state index in [2.05, 4.69) is 0 Å². The lowest BCUT2D eigenvalue weighted by molar-refractivity contribution is -0.221. The summed E-state index contributed by atoms with van der Waals surface area (Å²) in [5.41, 5.74) is 2.36. The number of anilines is 1. The summed E-state index contributed by atoms with van der Waals surface area (Å²) < 4.78 is 11.2. The van der Waals surface area contributed by atoms with E-state index in [-0.39, 0.29) is 10.1 Å². The molecule has 3 aliphatic rings. The Labute approximate surface area is 204 Å². The van der Waals surface area contributed by atoms with Crippen molar-refractivity contribution < 1.29 is 19.1 Å². The van der Waals surface area contributed by atoms with Gasteiger partial charge in [-0.05, 0) is 23.3 Å². The topological polar surface area (TPSA) is 55.8 Å². The predicted octanol–water partition coefficient (Wildman–Crippen LogP) is 5.12. The molecule has 2 aromatic rings. The number of benzene rings is 2. The van der Waals surface area contributed by atoms with Gasteiger partial charge in [-0.15, -0.1) is 23.2 Å². The van der Waals surface area contributed by atoms with E-state index in [0.29, 0.717) is 5.69 Å². The highest BCUT2D eigenvalue weighted by Crippen LogP contribution is 2.75. The van der Waals surface area contributed by atoms with Gasteiger partial charge in [0.15, 0.2) is 0 Å². The third-order valence-electron chi connectivity index (χ3n) is 6.76. The predicted molar refractivity (Wildman–Crippen MR) is 124 cm³/mol. The van der Waals surface area contributed by atoms with Gasteiger partial charge in [-0.1, -0.05) is 65.7 Å². The van der Waals surface area contributed by atoms with Crippen LogP contribution in [-0.2, 0) is 19.1 Å². The van der Waals surface area contributed by atoms with Crippen molar-refractivity contribution in [3.63, 3.8) is 0 Å². The number of amides is 2. The third-order valence-corrected chi connectivity index (χ3v) is 9.37. The Bertz CT molecular complexity index is 1120. The number of alkyl halides is 2. The molecule has 0 aromatic heterocycles. The molecule has 1 heterocycles. The third kappa shape index (κ3) is 2.29. The summed E-state index contributed by atoms with van der Waals surface area (Å²) in [6.07, 6.45) is 0. The Morgan fingerprint density at radius 3 is 1.62 bits per heavy atom. The van der Waals surface area contributed by atoms with Crippen LogP contribution in [0.25, 0.3) is 11.1 Å². The molecule has 2 aromatic carbocycles. The Kier molecular flexibility index (Phi) is 4.99. The number of halogens is 4. The zero-order valence-electron chi connectivity index (χ0n) is 16.9. The maximum absolute atomic E-state index is 13.6. The van der Waals surface area contributed by atoms with Crippen molar-refractivity contribution in [2.24, 2.45) is 11.8 Å². The summed E-state index contributed by atoms with van der Waals surface area (Å²) in [7, 11) is 2.65. The minimum atomic E-state index is -1.79. The van der Waals surface area contributed by atoms with E-state index in [1.807, 2.05) is 42.5 Å². The molecule has 5 rings (SSSR count). The van der Waals surface area contributed by atoms with Crippen LogP contribution in [0.3, 0.4) is 0 Å². The van der Waals surface area contributed by atoms with Crippen molar-refractivity contribution in [3.05, 3.63) is 64.7 Å². The molecule has 166 valence electrons. The van der Waals surface area contributed by atoms with Crippen molar-refractivity contribution in [1.29, 1.82) is 0 Å². The van der Waals surface area contributed by atoms with Gasteiger partial charge in [0.2, 0.25) is 17.6 Å². The highest BCUT2D eigenvalue weighted by Gasteiger charge is 2.89. The van der Waals surface area contributed by atoms with Gasteiger partial charge >= 0.3 is 0 Å². The molecular weight excluding hydrogens is 496 g/mol. The smallest absolute Gasteiger partial charge is 0.240 e. The summed E-state index contributed by atoms with van der Waals surface area (Å²) in [6, 6.07) is 16.9. The zero-order valence-corrected chi connectivity index (χ0v) is 20.0. The first kappa shape index (κ1) is 22.2. The fourth-order valence-corrected chi connectivity index (χ4v) is 7.55. The zero-order chi connectivity index (χ0) is 23.1. The van der Waals surface area contributed by atoms with Crippen LogP contribution in [0.5, 0.6) is 0 Å². The number of nitrogens with zero attached hydrogens (tertiary/aromatic N) is 1. The molecule has 4 atom stereocenters. The molecular formula is C23H17Cl4NO4. The lowest BCUT2D eigenvalue weighted by atomic mass is 9.84. The summed E-state index contributed by atoms with van der Waals surface area (Å²) in [5.74, 6) is -5.09. The number of carbonyl (C=O) groups is 2. The van der Waals surface area contributed by atoms with Crippen molar-refractivity contribution >= 4 is 63.9 Å². The van der Waals surface area contributed by atoms with E-state index in [1.165, 1.54) is 14.2 Å². The van der Waals surface area contributed by atoms with E-state index in [0.717, 1.165) is 16.0 Å². The molecule has 9 heteroatoms. The Morgan fingerprint density at radius 2 is 1.19 bits per heavy atom. The molecule has 0 N–H and O–H groups in total. The van der Waals surface area contributed by atoms with Crippen molar-refractivity contribution in [2.75, 3.05) is 19.1 Å². The molecule has 2 aliphatic carbocycles. The quantitative estimate of drug-likeness (QED) is 0.324. The highest BCUT2D eigenvalue weighted by molar-refractivity contribution is 6.54. The molecule has 5 nitrogen and oxygen atoms in total. The second kappa shape index (κ2) is 7.20. The summed E-state index contributed by atoms with van der Waals surface area (Å²) in [6.45, 7) is 0. The van der Waals surface area contributed by atoms with E-state index in [4.69, 9.17) is 55.9 Å². The fraction of sp³-hybridized carbons (Fsp3) is 0.304. The van der Waals surface area contributed by atoms with Crippen LogP contribution in [0.15, 0.2) is 64.7 Å². The molecule has 1 aliphatic heterocycles. The number of rotatable bonds is 4. The molecule has 2 amide bonds. The summed E-state index contributed by atoms with van der Waals surface area (Å²) in [5, 5.41) is -0.105. The van der Waals surface area contributed by atoms with Gasteiger partial charge in [0, 0.05) is 14.2 Å². The van der Waals surface area contributed by atoms with Crippen LogP contribution < -0.4 is 4.90 Å². The standard InChI is InChI=1S/C23H17Cl4NO4/c1-31-23(32-2)21(26)15-16(22(23,27)18(25)17(21)24)20(30)28(19(15)29)14-10-8-13(9-11-14)12-6-4-3-5-7-12/h3-11,15-16H,1-2H3/t15-,16+,21+,22-. The molecule has 1 saturated carbocycles. The van der Waals surface area contributed by atoms with E-state index >= 15 is 0 Å². The Morgan fingerprint density at radius 1 is 0.750 bits per heavy atom. The molecule has 2 bridgehead atoms. The van der Waals surface area contributed by atoms with Crippen LogP contribution >= 0.6 is 46.4 Å². The number of carbonyl (C=O) groups excluding carboxylic acids is 2. The molecule has 0 unspecified atom stereocenters. The second-order valence-electron chi connectivity index (χ2n) is 7.96.